The maximum Gasteiger partial charge on any atom is 0.257 e. The van der Waals surface area contributed by atoms with Crippen molar-refractivity contribution in [2.24, 2.45) is 0 Å². The molecule has 2 aromatic rings. The smallest absolute Gasteiger partial charge is 0.257 e. The SMILES string of the molecule is CCc1ccccc1NC(=S)NNC(=O)CNc1cccc(OC)c1. The van der Waals surface area contributed by atoms with Crippen LogP contribution in [0.2, 0.25) is 0 Å². The number of hydrogen-bond donors (Lipinski definition) is 4. The Balaban J connectivity index is 1.76. The van der Waals surface area contributed by atoms with Crippen LogP contribution in [0.4, 0.5) is 11.4 Å². The van der Waals surface area contributed by atoms with Gasteiger partial charge in [-0.3, -0.25) is 15.6 Å². The zero-order valence-electron chi connectivity index (χ0n) is 14.3. The van der Waals surface area contributed by atoms with Gasteiger partial charge in [-0.25, -0.2) is 0 Å². The minimum absolute atomic E-state index is 0.105. The summed E-state index contributed by atoms with van der Waals surface area (Å²) in [7, 11) is 1.60. The number of carbonyl (C=O) groups is 1. The topological polar surface area (TPSA) is 74.4 Å². The molecule has 25 heavy (non-hydrogen) atoms. The van der Waals surface area contributed by atoms with E-state index in [1.165, 1.54) is 0 Å². The van der Waals surface area contributed by atoms with Gasteiger partial charge in [0.2, 0.25) is 0 Å². The van der Waals surface area contributed by atoms with Crippen molar-refractivity contribution in [2.45, 2.75) is 13.3 Å². The van der Waals surface area contributed by atoms with Gasteiger partial charge in [0.1, 0.15) is 5.75 Å². The first-order chi connectivity index (χ1) is 12.1. The lowest BCUT2D eigenvalue weighted by molar-refractivity contribution is -0.119. The van der Waals surface area contributed by atoms with E-state index in [0.717, 1.165) is 29.1 Å². The first-order valence-electron chi connectivity index (χ1n) is 7.94. The molecule has 0 fully saturated rings. The van der Waals surface area contributed by atoms with Crippen molar-refractivity contribution in [1.29, 1.82) is 0 Å². The largest absolute Gasteiger partial charge is 0.497 e. The number of methoxy groups -OCH3 is 1. The summed E-state index contributed by atoms with van der Waals surface area (Å²) < 4.78 is 5.14. The zero-order chi connectivity index (χ0) is 18.1. The average Bonchev–Trinajstić information content (AvgIpc) is 2.65. The van der Waals surface area contributed by atoms with Crippen molar-refractivity contribution >= 4 is 34.6 Å². The minimum atomic E-state index is -0.240. The van der Waals surface area contributed by atoms with Crippen LogP contribution < -0.4 is 26.2 Å². The van der Waals surface area contributed by atoms with E-state index >= 15 is 0 Å². The van der Waals surface area contributed by atoms with Gasteiger partial charge in [-0.15, -0.1) is 0 Å². The normalized spacial score (nSPS) is 9.84. The van der Waals surface area contributed by atoms with E-state index in [2.05, 4.69) is 28.4 Å². The standard InChI is InChI=1S/C18H22N4O2S/c1-3-13-7-4-5-10-16(13)20-18(25)22-21-17(23)12-19-14-8-6-9-15(11-14)24-2/h4-11,19H,3,12H2,1-2H3,(H,21,23)(H2,20,22,25). The van der Waals surface area contributed by atoms with E-state index in [4.69, 9.17) is 17.0 Å². The molecule has 0 aliphatic carbocycles. The number of rotatable bonds is 6. The molecule has 132 valence electrons. The lowest BCUT2D eigenvalue weighted by Crippen LogP contribution is -2.46. The molecule has 0 aliphatic heterocycles. The Hall–Kier alpha value is -2.80. The second kappa shape index (κ2) is 9.48. The summed E-state index contributed by atoms with van der Waals surface area (Å²) in [6.07, 6.45) is 0.891. The van der Waals surface area contributed by atoms with E-state index in [1.807, 2.05) is 48.5 Å². The Morgan fingerprint density at radius 3 is 2.68 bits per heavy atom. The summed E-state index contributed by atoms with van der Waals surface area (Å²) in [6, 6.07) is 15.2. The van der Waals surface area contributed by atoms with Crippen LogP contribution in [0.25, 0.3) is 0 Å². The van der Waals surface area contributed by atoms with E-state index in [0.29, 0.717) is 5.11 Å². The molecule has 0 spiro atoms. The number of carbonyl (C=O) groups excluding carboxylic acids is 1. The number of ether oxygens (including phenoxy) is 1. The molecule has 1 amide bonds. The van der Waals surface area contributed by atoms with E-state index in [-0.39, 0.29) is 12.5 Å². The highest BCUT2D eigenvalue weighted by atomic mass is 32.1. The quantitative estimate of drug-likeness (QED) is 0.470. The fourth-order valence-electron chi connectivity index (χ4n) is 2.19. The van der Waals surface area contributed by atoms with Crippen molar-refractivity contribution in [1.82, 2.24) is 10.9 Å². The maximum absolute atomic E-state index is 11.9. The van der Waals surface area contributed by atoms with Crippen molar-refractivity contribution in [3.05, 3.63) is 54.1 Å². The summed E-state index contributed by atoms with van der Waals surface area (Å²) in [5, 5.41) is 6.42. The number of benzene rings is 2. The van der Waals surface area contributed by atoms with Gasteiger partial charge in [-0.2, -0.15) is 0 Å². The van der Waals surface area contributed by atoms with Gasteiger partial charge in [0.25, 0.3) is 5.91 Å². The molecule has 0 heterocycles. The van der Waals surface area contributed by atoms with Crippen LogP contribution in [0.5, 0.6) is 5.75 Å². The predicted octanol–water partition coefficient (Wildman–Crippen LogP) is 2.69. The van der Waals surface area contributed by atoms with Crippen LogP contribution in [-0.4, -0.2) is 24.7 Å². The van der Waals surface area contributed by atoms with E-state index in [1.54, 1.807) is 7.11 Å². The molecule has 4 N–H and O–H groups in total. The van der Waals surface area contributed by atoms with Gasteiger partial charge in [-0.1, -0.05) is 31.2 Å². The third-order valence-electron chi connectivity index (χ3n) is 3.48. The first kappa shape index (κ1) is 18.5. The number of para-hydroxylation sites is 1. The van der Waals surface area contributed by atoms with Gasteiger partial charge in [0.15, 0.2) is 5.11 Å². The van der Waals surface area contributed by atoms with Crippen LogP contribution in [0.3, 0.4) is 0 Å². The number of hydrazine groups is 1. The van der Waals surface area contributed by atoms with Crippen molar-refractivity contribution < 1.29 is 9.53 Å². The molecule has 0 aromatic heterocycles. The number of nitrogens with one attached hydrogen (secondary N) is 4. The molecule has 0 saturated heterocycles. The van der Waals surface area contributed by atoms with Crippen molar-refractivity contribution in [3.8, 4) is 5.75 Å². The second-order valence-electron chi connectivity index (χ2n) is 5.22. The fourth-order valence-corrected chi connectivity index (χ4v) is 2.35. The van der Waals surface area contributed by atoms with Gasteiger partial charge in [0.05, 0.1) is 13.7 Å². The molecule has 0 atom stereocenters. The van der Waals surface area contributed by atoms with Crippen molar-refractivity contribution in [3.63, 3.8) is 0 Å². The maximum atomic E-state index is 11.9. The lowest BCUT2D eigenvalue weighted by Gasteiger charge is -2.14. The molecule has 2 rings (SSSR count). The molecular formula is C18H22N4O2S. The van der Waals surface area contributed by atoms with Crippen LogP contribution in [0, 0.1) is 0 Å². The Bertz CT molecular complexity index is 737. The molecule has 0 unspecified atom stereocenters. The van der Waals surface area contributed by atoms with Gasteiger partial charge in [-0.05, 0) is 42.4 Å². The predicted molar refractivity (Wildman–Crippen MR) is 105 cm³/mol. The van der Waals surface area contributed by atoms with E-state index < -0.39 is 0 Å². The highest BCUT2D eigenvalue weighted by Gasteiger charge is 2.05. The third-order valence-corrected chi connectivity index (χ3v) is 3.69. The number of aryl methyl sites for hydroxylation is 1. The number of hydrogen-bond acceptors (Lipinski definition) is 4. The average molecular weight is 358 g/mol. The summed E-state index contributed by atoms with van der Waals surface area (Å²) >= 11 is 5.20. The Morgan fingerprint density at radius 2 is 1.92 bits per heavy atom. The van der Waals surface area contributed by atoms with E-state index in [9.17, 15) is 4.79 Å². The molecule has 0 bridgehead atoms. The minimum Gasteiger partial charge on any atom is -0.497 e. The second-order valence-corrected chi connectivity index (χ2v) is 5.63. The molecule has 7 heteroatoms. The van der Waals surface area contributed by atoms with Crippen LogP contribution in [-0.2, 0) is 11.2 Å². The third kappa shape index (κ3) is 5.96. The highest BCUT2D eigenvalue weighted by molar-refractivity contribution is 7.80. The lowest BCUT2D eigenvalue weighted by atomic mass is 10.1. The Labute approximate surface area is 152 Å². The number of thiocarbonyl (C=S) groups is 1. The van der Waals surface area contributed by atoms with Crippen LogP contribution in [0.15, 0.2) is 48.5 Å². The number of anilines is 2. The Morgan fingerprint density at radius 1 is 1.12 bits per heavy atom. The van der Waals surface area contributed by atoms with Crippen LogP contribution in [0.1, 0.15) is 12.5 Å². The number of amides is 1. The molecule has 0 radical (unpaired) electrons. The van der Waals surface area contributed by atoms with Gasteiger partial charge < -0.3 is 15.4 Å². The van der Waals surface area contributed by atoms with Gasteiger partial charge >= 0.3 is 0 Å². The molecule has 2 aromatic carbocycles. The summed E-state index contributed by atoms with van der Waals surface area (Å²) in [5.41, 5.74) is 8.12. The molecular weight excluding hydrogens is 336 g/mol. The molecule has 0 aliphatic rings. The summed E-state index contributed by atoms with van der Waals surface area (Å²) in [5.74, 6) is 0.485. The highest BCUT2D eigenvalue weighted by Crippen LogP contribution is 2.16. The zero-order valence-corrected chi connectivity index (χ0v) is 15.1. The monoisotopic (exact) mass is 358 g/mol. The van der Waals surface area contributed by atoms with Crippen LogP contribution >= 0.6 is 12.2 Å². The molecule has 6 nitrogen and oxygen atoms in total. The fraction of sp³-hybridized carbons (Fsp3) is 0.222. The van der Waals surface area contributed by atoms with Crippen molar-refractivity contribution in [2.75, 3.05) is 24.3 Å². The summed E-state index contributed by atoms with van der Waals surface area (Å²) in [6.45, 7) is 2.18. The molecule has 0 saturated carbocycles. The summed E-state index contributed by atoms with van der Waals surface area (Å²) in [4.78, 5) is 11.9. The van der Waals surface area contributed by atoms with Gasteiger partial charge in [0, 0.05) is 17.4 Å². The first-order valence-corrected chi connectivity index (χ1v) is 8.35. The Kier molecular flexibility index (Phi) is 7.03.